The summed E-state index contributed by atoms with van der Waals surface area (Å²) in [5, 5.41) is 14.7. The zero-order chi connectivity index (χ0) is 19.8. The van der Waals surface area contributed by atoms with E-state index in [0.717, 1.165) is 43.1 Å². The normalized spacial score (nSPS) is 19.1. The van der Waals surface area contributed by atoms with E-state index in [1.807, 2.05) is 39.4 Å². The highest BCUT2D eigenvalue weighted by Crippen LogP contribution is 2.31. The average molecular weight is 465 g/mol. The summed E-state index contributed by atoms with van der Waals surface area (Å²) in [6, 6.07) is 9.41. The lowest BCUT2D eigenvalue weighted by molar-refractivity contribution is 0.0950. The fraction of sp³-hybridized carbons (Fsp3) is 0.429. The number of rotatable bonds is 5. The second-order valence-corrected chi connectivity index (χ2v) is 7.95. The Hall–Kier alpha value is -2.42. The minimum absolute atomic E-state index is 0. The fourth-order valence-corrected chi connectivity index (χ4v) is 4.57. The monoisotopic (exact) mass is 464 g/mol. The van der Waals surface area contributed by atoms with Crippen molar-refractivity contribution in [3.8, 4) is 0 Å². The van der Waals surface area contributed by atoms with Crippen molar-refractivity contribution in [1.82, 2.24) is 29.8 Å². The van der Waals surface area contributed by atoms with Crippen LogP contribution in [0.4, 0.5) is 0 Å². The van der Waals surface area contributed by atoms with E-state index < -0.39 is 0 Å². The van der Waals surface area contributed by atoms with E-state index in [1.54, 1.807) is 6.07 Å². The highest BCUT2D eigenvalue weighted by Gasteiger charge is 2.31. The lowest BCUT2D eigenvalue weighted by Gasteiger charge is -2.37. The summed E-state index contributed by atoms with van der Waals surface area (Å²) in [6.07, 6.45) is 4.48. The molecule has 5 rings (SSSR count). The third-order valence-electron chi connectivity index (χ3n) is 6.00. The smallest absolute Gasteiger partial charge is 0.263 e. The van der Waals surface area contributed by atoms with Gasteiger partial charge in [-0.1, -0.05) is 6.07 Å². The summed E-state index contributed by atoms with van der Waals surface area (Å²) >= 11 is 0. The highest BCUT2D eigenvalue weighted by molar-refractivity contribution is 5.93. The molecule has 0 radical (unpaired) electrons. The van der Waals surface area contributed by atoms with Gasteiger partial charge in [0.1, 0.15) is 11.4 Å². The summed E-state index contributed by atoms with van der Waals surface area (Å²) < 4.78 is 3.76. The number of nitrogens with zero attached hydrogens (tertiary/aromatic N) is 4. The molecule has 1 saturated heterocycles. The van der Waals surface area contributed by atoms with Gasteiger partial charge in [-0.15, -0.1) is 35.0 Å². The Morgan fingerprint density at radius 3 is 2.90 bits per heavy atom. The van der Waals surface area contributed by atoms with Gasteiger partial charge in [0.05, 0.1) is 0 Å². The zero-order valence-electron chi connectivity index (χ0n) is 17.0. The largest absolute Gasteiger partial charge is 0.352 e. The molecule has 2 atom stereocenters. The van der Waals surface area contributed by atoms with E-state index in [1.165, 1.54) is 0 Å². The molecule has 1 amide bonds. The Morgan fingerprint density at radius 2 is 2.03 bits per heavy atom. The number of hydrogen-bond donors (Lipinski definition) is 2. The van der Waals surface area contributed by atoms with Crippen LogP contribution in [0.3, 0.4) is 0 Å². The molecule has 8 nitrogen and oxygen atoms in total. The van der Waals surface area contributed by atoms with Crippen molar-refractivity contribution >= 4 is 36.4 Å². The number of carbonyl (C=O) groups excluding carboxylic acids is 1. The van der Waals surface area contributed by atoms with Crippen LogP contribution in [0, 0.1) is 5.92 Å². The molecular weight excluding hydrogens is 439 g/mol. The molecule has 10 heteroatoms. The molecule has 3 aromatic heterocycles. The maximum absolute atomic E-state index is 12.9. The molecule has 1 fully saturated rings. The molecule has 0 unspecified atom stereocenters. The maximum Gasteiger partial charge on any atom is 0.263 e. The van der Waals surface area contributed by atoms with Crippen molar-refractivity contribution in [2.45, 2.75) is 31.7 Å². The van der Waals surface area contributed by atoms with E-state index in [-0.39, 0.29) is 41.8 Å². The maximum atomic E-state index is 12.9. The Morgan fingerprint density at radius 1 is 1.16 bits per heavy atom. The van der Waals surface area contributed by atoms with Gasteiger partial charge in [0.15, 0.2) is 5.65 Å². The molecule has 2 bridgehead atoms. The van der Waals surface area contributed by atoms with Crippen LogP contribution < -0.4 is 16.2 Å². The number of hydrogen-bond acceptors (Lipinski definition) is 5. The highest BCUT2D eigenvalue weighted by atomic mass is 35.5. The second kappa shape index (κ2) is 9.80. The fourth-order valence-electron chi connectivity index (χ4n) is 4.57. The van der Waals surface area contributed by atoms with Crippen molar-refractivity contribution in [1.29, 1.82) is 0 Å². The number of fused-ring (bicyclic) bond motifs is 5. The molecule has 2 aliphatic rings. The molecular formula is C21H26Cl2N6O2. The van der Waals surface area contributed by atoms with Gasteiger partial charge in [0.2, 0.25) is 0 Å². The van der Waals surface area contributed by atoms with Crippen LogP contribution in [-0.2, 0) is 13.0 Å². The van der Waals surface area contributed by atoms with Gasteiger partial charge >= 0.3 is 0 Å². The zero-order valence-corrected chi connectivity index (χ0v) is 18.6. The topological polar surface area (TPSA) is 93.3 Å². The molecule has 3 aromatic rings. The first-order chi connectivity index (χ1) is 14.2. The Labute approximate surface area is 192 Å². The molecule has 0 aliphatic carbocycles. The summed E-state index contributed by atoms with van der Waals surface area (Å²) in [4.78, 5) is 25.5. The van der Waals surface area contributed by atoms with Gasteiger partial charge in [0, 0.05) is 43.9 Å². The first-order valence-electron chi connectivity index (χ1n) is 10.2. The minimum atomic E-state index is -0.301. The van der Waals surface area contributed by atoms with Crippen LogP contribution in [0.25, 0.3) is 5.65 Å². The first-order valence-corrected chi connectivity index (χ1v) is 10.2. The van der Waals surface area contributed by atoms with Crippen molar-refractivity contribution in [2.24, 2.45) is 5.92 Å². The lowest BCUT2D eigenvalue weighted by atomic mass is 9.84. The quantitative estimate of drug-likeness (QED) is 0.561. The average Bonchev–Trinajstić information content (AvgIpc) is 3.15. The van der Waals surface area contributed by atoms with Gasteiger partial charge in [-0.2, -0.15) is 0 Å². The summed E-state index contributed by atoms with van der Waals surface area (Å²) in [7, 11) is 0. The van der Waals surface area contributed by atoms with E-state index in [4.69, 9.17) is 0 Å². The number of nitrogens with one attached hydrogen (secondary N) is 2. The predicted octanol–water partition coefficient (Wildman–Crippen LogP) is 1.80. The number of pyridine rings is 2. The molecule has 0 saturated carbocycles. The molecule has 2 N–H and O–H groups in total. The number of halogens is 2. The van der Waals surface area contributed by atoms with E-state index in [0.29, 0.717) is 31.3 Å². The second-order valence-electron chi connectivity index (χ2n) is 7.95. The summed E-state index contributed by atoms with van der Waals surface area (Å²) in [5.74, 6) is 1.40. The Balaban J connectivity index is 0.00000136. The molecule has 0 aromatic carbocycles. The van der Waals surface area contributed by atoms with E-state index in [9.17, 15) is 9.59 Å². The van der Waals surface area contributed by atoms with Gasteiger partial charge < -0.3 is 15.2 Å². The van der Waals surface area contributed by atoms with Crippen molar-refractivity contribution in [2.75, 3.05) is 19.6 Å². The molecule has 166 valence electrons. The van der Waals surface area contributed by atoms with Gasteiger partial charge in [0.25, 0.3) is 11.5 Å². The number of carbonyl (C=O) groups is 1. The number of aromatic nitrogens is 4. The third-order valence-corrected chi connectivity index (χ3v) is 6.00. The van der Waals surface area contributed by atoms with Crippen LogP contribution in [0.15, 0.2) is 41.3 Å². The van der Waals surface area contributed by atoms with Gasteiger partial charge in [-0.25, -0.2) is 0 Å². The Kier molecular flexibility index (Phi) is 7.35. The third kappa shape index (κ3) is 4.46. The summed E-state index contributed by atoms with van der Waals surface area (Å²) in [5.41, 5.74) is 1.93. The van der Waals surface area contributed by atoms with Crippen LogP contribution >= 0.6 is 24.8 Å². The number of amides is 1. The number of aryl methyl sites for hydroxylation is 1. The molecule has 31 heavy (non-hydrogen) atoms. The molecule has 0 spiro atoms. The molecule has 2 aliphatic heterocycles. The van der Waals surface area contributed by atoms with Crippen LogP contribution in [0.2, 0.25) is 0 Å². The first kappa shape index (κ1) is 23.2. The van der Waals surface area contributed by atoms with Crippen molar-refractivity contribution in [3.05, 3.63) is 64.0 Å². The van der Waals surface area contributed by atoms with Gasteiger partial charge in [-0.05, 0) is 49.6 Å². The lowest BCUT2D eigenvalue weighted by Crippen LogP contribution is -2.46. The summed E-state index contributed by atoms with van der Waals surface area (Å²) in [6.45, 7) is 3.02. The number of piperidine rings is 1. The van der Waals surface area contributed by atoms with Crippen LogP contribution in [-0.4, -0.2) is 44.7 Å². The molecule has 5 heterocycles. The van der Waals surface area contributed by atoms with E-state index >= 15 is 0 Å². The standard InChI is InChI=1S/C21H24N6O2.2ClH/c28-20(23-8-3-5-19-25-24-18-4-1-2-9-26(18)19)16-6-7-17-15-10-14(11-22-12-15)13-27(17)21(16)29;;/h1-2,4,6-7,9,14-15,22H,3,5,8,10-13H2,(H,23,28);2*1H/t14-,15+;;/m0../s1. The van der Waals surface area contributed by atoms with Crippen molar-refractivity contribution in [3.63, 3.8) is 0 Å². The van der Waals surface area contributed by atoms with Crippen molar-refractivity contribution < 1.29 is 4.79 Å². The van der Waals surface area contributed by atoms with E-state index in [2.05, 4.69) is 20.8 Å². The SMILES string of the molecule is Cl.Cl.O=C(NCCCc1nnc2ccccn12)c1ccc2n(c1=O)C[C@@H]1CNC[C@H]2C1. The van der Waals surface area contributed by atoms with Crippen LogP contribution in [0.1, 0.15) is 40.6 Å². The predicted molar refractivity (Wildman–Crippen MR) is 123 cm³/mol. The van der Waals surface area contributed by atoms with Crippen LogP contribution in [0.5, 0.6) is 0 Å². The van der Waals surface area contributed by atoms with Gasteiger partial charge in [-0.3, -0.25) is 14.0 Å². The Bertz CT molecular complexity index is 1130. The minimum Gasteiger partial charge on any atom is -0.352 e.